The summed E-state index contributed by atoms with van der Waals surface area (Å²) in [6, 6.07) is 14.4. The van der Waals surface area contributed by atoms with Gasteiger partial charge in [-0.3, -0.25) is 10.7 Å². The molecule has 1 aromatic carbocycles. The minimum Gasteiger partial charge on any atom is -0.310 e. The molecule has 2 heterocycles. The van der Waals surface area contributed by atoms with Gasteiger partial charge in [-0.15, -0.1) is 0 Å². The van der Waals surface area contributed by atoms with Crippen molar-refractivity contribution in [2.45, 2.75) is 20.4 Å². The van der Waals surface area contributed by atoms with E-state index in [4.69, 9.17) is 10.2 Å². The Morgan fingerprint density at radius 1 is 1.20 bits per heavy atom. The van der Waals surface area contributed by atoms with Gasteiger partial charge in [0.2, 0.25) is 0 Å². The zero-order chi connectivity index (χ0) is 21.3. The molecule has 0 bridgehead atoms. The number of allylic oxidation sites excluding steroid dienone is 1. The molecule has 0 aliphatic heterocycles. The summed E-state index contributed by atoms with van der Waals surface area (Å²) in [6.07, 6.45) is 5.66. The molecule has 3 N–H and O–H groups in total. The number of pyridine rings is 1. The van der Waals surface area contributed by atoms with Crippen molar-refractivity contribution in [2.24, 2.45) is 0 Å². The van der Waals surface area contributed by atoms with Crippen molar-refractivity contribution < 1.29 is 5.21 Å². The van der Waals surface area contributed by atoms with Gasteiger partial charge in [0.25, 0.3) is 0 Å². The lowest BCUT2D eigenvalue weighted by atomic mass is 10.1. The van der Waals surface area contributed by atoms with Crippen molar-refractivity contribution in [3.8, 4) is 11.3 Å². The molecule has 0 saturated heterocycles. The molecule has 0 aliphatic rings. The van der Waals surface area contributed by atoms with Crippen LogP contribution in [0.3, 0.4) is 0 Å². The minimum atomic E-state index is 0.432. The molecule has 30 heavy (non-hydrogen) atoms. The maximum absolute atomic E-state index is 8.89. The van der Waals surface area contributed by atoms with Crippen LogP contribution in [0.15, 0.2) is 67.0 Å². The van der Waals surface area contributed by atoms with Crippen LogP contribution in [0.25, 0.3) is 23.0 Å². The Hall–Kier alpha value is -2.93. The zero-order valence-electron chi connectivity index (χ0n) is 17.8. The van der Waals surface area contributed by atoms with Gasteiger partial charge in [-0.1, -0.05) is 56.8 Å². The van der Waals surface area contributed by atoms with Crippen LogP contribution in [0.1, 0.15) is 25.1 Å². The van der Waals surface area contributed by atoms with Crippen LogP contribution in [-0.2, 0) is 6.54 Å². The Kier molecular flexibility index (Phi) is 7.79. The maximum Gasteiger partial charge on any atom is 0.138 e. The molecule has 3 rings (SSSR count). The first-order valence-corrected chi connectivity index (χ1v) is 10.4. The number of rotatable bonds is 11. The number of nitrogens with zero attached hydrogens (tertiary/aromatic N) is 3. The zero-order valence-corrected chi connectivity index (χ0v) is 17.8. The van der Waals surface area contributed by atoms with Crippen LogP contribution in [0.4, 0.5) is 0 Å². The maximum atomic E-state index is 8.89. The van der Waals surface area contributed by atoms with E-state index in [2.05, 4.69) is 47.2 Å². The van der Waals surface area contributed by atoms with Gasteiger partial charge in [0.1, 0.15) is 5.65 Å². The number of hydrogen-bond donors (Lipinski definition) is 3. The molecule has 0 radical (unpaired) electrons. The third-order valence-corrected chi connectivity index (χ3v) is 5.21. The van der Waals surface area contributed by atoms with E-state index in [-0.39, 0.29) is 0 Å². The highest BCUT2D eigenvalue weighted by Crippen LogP contribution is 2.25. The van der Waals surface area contributed by atoms with Crippen LogP contribution >= 0.6 is 0 Å². The van der Waals surface area contributed by atoms with Crippen LogP contribution < -0.4 is 10.8 Å². The van der Waals surface area contributed by atoms with E-state index in [9.17, 15) is 0 Å². The predicted octanol–water partition coefficient (Wildman–Crippen LogP) is 3.94. The summed E-state index contributed by atoms with van der Waals surface area (Å²) in [5, 5.41) is 12.5. The molecule has 0 aliphatic carbocycles. The predicted molar refractivity (Wildman–Crippen MR) is 123 cm³/mol. The number of nitrogens with one attached hydrogen (secondary N) is 2. The molecule has 0 amide bonds. The fourth-order valence-corrected chi connectivity index (χ4v) is 3.43. The van der Waals surface area contributed by atoms with E-state index < -0.39 is 0 Å². The van der Waals surface area contributed by atoms with Crippen molar-refractivity contribution >= 4 is 11.7 Å². The Morgan fingerprint density at radius 2 is 1.97 bits per heavy atom. The van der Waals surface area contributed by atoms with E-state index in [1.165, 1.54) is 0 Å². The van der Waals surface area contributed by atoms with E-state index >= 15 is 0 Å². The lowest BCUT2D eigenvalue weighted by Gasteiger charge is -2.18. The molecule has 2 aromatic heterocycles. The number of imidazole rings is 1. The van der Waals surface area contributed by atoms with Crippen molar-refractivity contribution in [3.05, 3.63) is 78.3 Å². The smallest absolute Gasteiger partial charge is 0.138 e. The largest absolute Gasteiger partial charge is 0.310 e. The molecule has 3 aromatic rings. The first kappa shape index (κ1) is 21.8. The van der Waals surface area contributed by atoms with Crippen molar-refractivity contribution in [2.75, 3.05) is 26.2 Å². The van der Waals surface area contributed by atoms with Crippen LogP contribution in [-0.4, -0.2) is 45.7 Å². The highest BCUT2D eigenvalue weighted by molar-refractivity contribution is 5.68. The third-order valence-electron chi connectivity index (χ3n) is 5.21. The second-order valence-electron chi connectivity index (χ2n) is 7.14. The molecule has 6 nitrogen and oxygen atoms in total. The van der Waals surface area contributed by atoms with Gasteiger partial charge in [-0.2, -0.15) is 0 Å². The molecule has 0 spiro atoms. The van der Waals surface area contributed by atoms with Gasteiger partial charge in [0.15, 0.2) is 0 Å². The molecular weight excluding hydrogens is 374 g/mol. The average Bonchev–Trinajstić information content (AvgIpc) is 3.16. The van der Waals surface area contributed by atoms with Crippen LogP contribution in [0.2, 0.25) is 0 Å². The topological polar surface area (TPSA) is 64.8 Å². The number of likely N-dealkylation sites (N-methyl/N-ethyl adjacent to an activating group) is 1. The lowest BCUT2D eigenvalue weighted by molar-refractivity contribution is 0.205. The van der Waals surface area contributed by atoms with Crippen molar-refractivity contribution in [3.63, 3.8) is 0 Å². The molecule has 0 atom stereocenters. The van der Waals surface area contributed by atoms with Gasteiger partial charge < -0.3 is 14.6 Å². The Labute approximate surface area is 178 Å². The fraction of sp³-hybridized carbons (Fsp3) is 0.292. The minimum absolute atomic E-state index is 0.432. The summed E-state index contributed by atoms with van der Waals surface area (Å²) in [6.45, 7) is 12.9. The number of aromatic nitrogens is 2. The summed E-state index contributed by atoms with van der Waals surface area (Å²) in [5.41, 5.74) is 7.60. The first-order valence-electron chi connectivity index (χ1n) is 10.4. The summed E-state index contributed by atoms with van der Waals surface area (Å²) in [4.78, 5) is 7.34. The van der Waals surface area contributed by atoms with E-state index in [0.29, 0.717) is 5.70 Å². The number of hydrogen-bond acceptors (Lipinski definition) is 5. The van der Waals surface area contributed by atoms with Gasteiger partial charge >= 0.3 is 0 Å². The van der Waals surface area contributed by atoms with Crippen LogP contribution in [0, 0.1) is 0 Å². The normalized spacial score (nSPS) is 11.6. The fourth-order valence-electron chi connectivity index (χ4n) is 3.43. The summed E-state index contributed by atoms with van der Waals surface area (Å²) in [7, 11) is 0. The summed E-state index contributed by atoms with van der Waals surface area (Å²) >= 11 is 0. The number of hydroxylamine groups is 1. The Bertz CT molecular complexity index is 990. The van der Waals surface area contributed by atoms with Gasteiger partial charge in [0, 0.05) is 31.4 Å². The monoisotopic (exact) mass is 405 g/mol. The van der Waals surface area contributed by atoms with Gasteiger partial charge in [0.05, 0.1) is 17.1 Å². The number of fused-ring (bicyclic) bond motifs is 1. The second-order valence-corrected chi connectivity index (χ2v) is 7.14. The molecule has 6 heteroatoms. The Morgan fingerprint density at radius 3 is 2.67 bits per heavy atom. The lowest BCUT2D eigenvalue weighted by Crippen LogP contribution is -2.31. The second kappa shape index (κ2) is 10.7. The third kappa shape index (κ3) is 5.36. The molecule has 158 valence electrons. The number of benzene rings is 1. The van der Waals surface area contributed by atoms with E-state index in [0.717, 1.165) is 60.9 Å². The SMILES string of the molecule is C=C(/C=C/c1ccn2c(CNCCN(CC)CC)c(-c3ccccc3)nc2c1)NO. The van der Waals surface area contributed by atoms with Gasteiger partial charge in [-0.25, -0.2) is 4.98 Å². The summed E-state index contributed by atoms with van der Waals surface area (Å²) < 4.78 is 2.14. The quantitative estimate of drug-likeness (QED) is 0.256. The van der Waals surface area contributed by atoms with Gasteiger partial charge in [-0.05, 0) is 36.9 Å². The highest BCUT2D eigenvalue weighted by Gasteiger charge is 2.14. The highest BCUT2D eigenvalue weighted by atomic mass is 16.5. The standard InChI is InChI=1S/C24H31N5O/c1-4-28(5-2)16-14-25-18-22-24(21-9-7-6-8-10-21)26-23-17-20(13-15-29(22)23)12-11-19(3)27-30/h6-13,15,17,25,27,30H,3-5,14,16,18H2,1-2H3/b12-11+. The van der Waals surface area contributed by atoms with E-state index in [1.54, 1.807) is 6.08 Å². The van der Waals surface area contributed by atoms with Crippen molar-refractivity contribution in [1.29, 1.82) is 0 Å². The molecular formula is C24H31N5O. The van der Waals surface area contributed by atoms with Crippen molar-refractivity contribution in [1.82, 2.24) is 25.1 Å². The van der Waals surface area contributed by atoms with Crippen LogP contribution in [0.5, 0.6) is 0 Å². The van der Waals surface area contributed by atoms with E-state index in [1.807, 2.05) is 48.1 Å². The molecule has 0 unspecified atom stereocenters. The molecule has 0 saturated carbocycles. The first-order chi connectivity index (χ1) is 14.7. The summed E-state index contributed by atoms with van der Waals surface area (Å²) in [5.74, 6) is 0. The average molecular weight is 406 g/mol. The Balaban J connectivity index is 1.88. The molecule has 0 fully saturated rings.